The zero-order valence-corrected chi connectivity index (χ0v) is 17.8. The van der Waals surface area contributed by atoms with Crippen LogP contribution in [-0.4, -0.2) is 46.0 Å². The van der Waals surface area contributed by atoms with E-state index in [1.165, 1.54) is 11.9 Å². The van der Waals surface area contributed by atoms with Crippen molar-refractivity contribution in [2.45, 2.75) is 20.4 Å². The number of rotatable bonds is 6. The highest BCUT2D eigenvalue weighted by atomic mass is 16.6. The zero-order chi connectivity index (χ0) is 21.8. The van der Waals surface area contributed by atoms with Gasteiger partial charge in [0.25, 0.3) is 0 Å². The molecule has 0 bridgehead atoms. The highest BCUT2D eigenvalue weighted by Gasteiger charge is 2.29. The molecule has 0 saturated carbocycles. The van der Waals surface area contributed by atoms with Gasteiger partial charge in [-0.2, -0.15) is 0 Å². The Labute approximate surface area is 181 Å². The van der Waals surface area contributed by atoms with Crippen molar-refractivity contribution in [1.29, 1.82) is 0 Å². The molecule has 1 aromatic heterocycles. The predicted octanol–water partition coefficient (Wildman–Crippen LogP) is 4.07. The maximum atomic E-state index is 12.0. The first-order valence-corrected chi connectivity index (χ1v) is 10.4. The number of nitrogens with one attached hydrogen (secondary N) is 1. The fraction of sp³-hybridized carbons (Fsp3) is 0.304. The molecule has 1 saturated heterocycles. The average Bonchev–Trinajstić information content (AvgIpc) is 2.77. The van der Waals surface area contributed by atoms with Gasteiger partial charge in [0, 0.05) is 38.4 Å². The Morgan fingerprint density at radius 1 is 1.03 bits per heavy atom. The molecule has 4 rings (SSSR count). The standard InChI is InChI=1S/C23H26N6O2/c1-17-8-9-18(2)20(14-17)26-22-21(29(30)31)23(25-16-24-22)28-12-10-27(11-13-28)15-19-6-4-3-5-7-19/h3-9,14,16H,10-13,15H2,1-2H3,(H,24,25,26). The molecule has 1 N–H and O–H groups in total. The van der Waals surface area contributed by atoms with Gasteiger partial charge in [-0.25, -0.2) is 9.97 Å². The molecule has 1 fully saturated rings. The first kappa shape index (κ1) is 20.7. The summed E-state index contributed by atoms with van der Waals surface area (Å²) in [7, 11) is 0. The van der Waals surface area contributed by atoms with Crippen LogP contribution in [-0.2, 0) is 6.54 Å². The molecule has 0 atom stereocenters. The Bertz CT molecular complexity index is 1060. The highest BCUT2D eigenvalue weighted by molar-refractivity contribution is 5.75. The van der Waals surface area contributed by atoms with Crippen molar-refractivity contribution in [1.82, 2.24) is 14.9 Å². The Morgan fingerprint density at radius 3 is 2.48 bits per heavy atom. The number of aryl methyl sites for hydroxylation is 2. The Morgan fingerprint density at radius 2 is 1.77 bits per heavy atom. The number of hydrogen-bond acceptors (Lipinski definition) is 7. The van der Waals surface area contributed by atoms with Crippen molar-refractivity contribution >= 4 is 23.0 Å². The van der Waals surface area contributed by atoms with E-state index >= 15 is 0 Å². The molecule has 3 aromatic rings. The first-order chi connectivity index (χ1) is 15.0. The van der Waals surface area contributed by atoms with Crippen LogP contribution in [0, 0.1) is 24.0 Å². The van der Waals surface area contributed by atoms with Gasteiger partial charge in [-0.15, -0.1) is 0 Å². The van der Waals surface area contributed by atoms with Crippen molar-refractivity contribution in [3.05, 3.63) is 81.7 Å². The lowest BCUT2D eigenvalue weighted by Gasteiger charge is -2.35. The third-order valence-corrected chi connectivity index (χ3v) is 5.55. The Hall–Kier alpha value is -3.52. The average molecular weight is 419 g/mol. The molecule has 160 valence electrons. The maximum Gasteiger partial charge on any atom is 0.353 e. The smallest absolute Gasteiger partial charge is 0.348 e. The summed E-state index contributed by atoms with van der Waals surface area (Å²) in [6, 6.07) is 16.3. The maximum absolute atomic E-state index is 12.0. The van der Waals surface area contributed by atoms with Crippen molar-refractivity contribution in [3.8, 4) is 0 Å². The van der Waals surface area contributed by atoms with Gasteiger partial charge in [0.15, 0.2) is 0 Å². The molecule has 1 aliphatic heterocycles. The Kier molecular flexibility index (Phi) is 6.08. The van der Waals surface area contributed by atoms with E-state index in [0.717, 1.165) is 36.4 Å². The Balaban J connectivity index is 1.53. The lowest BCUT2D eigenvalue weighted by atomic mass is 10.1. The molecule has 0 unspecified atom stereocenters. The van der Waals surface area contributed by atoms with Crippen LogP contribution in [0.3, 0.4) is 0 Å². The number of anilines is 3. The number of benzene rings is 2. The molecule has 31 heavy (non-hydrogen) atoms. The lowest BCUT2D eigenvalue weighted by Crippen LogP contribution is -2.46. The topological polar surface area (TPSA) is 87.4 Å². The van der Waals surface area contributed by atoms with E-state index in [1.807, 2.05) is 55.1 Å². The minimum atomic E-state index is -0.390. The van der Waals surface area contributed by atoms with Gasteiger partial charge >= 0.3 is 5.69 Å². The molecule has 8 nitrogen and oxygen atoms in total. The molecule has 0 aliphatic carbocycles. The molecular formula is C23H26N6O2. The fourth-order valence-corrected chi connectivity index (χ4v) is 3.82. The van der Waals surface area contributed by atoms with E-state index < -0.39 is 0 Å². The number of aromatic nitrogens is 2. The molecule has 2 heterocycles. The second kappa shape index (κ2) is 9.09. The number of nitrogens with zero attached hydrogens (tertiary/aromatic N) is 5. The predicted molar refractivity (Wildman–Crippen MR) is 122 cm³/mol. The summed E-state index contributed by atoms with van der Waals surface area (Å²) in [4.78, 5) is 24.4. The van der Waals surface area contributed by atoms with E-state index in [-0.39, 0.29) is 16.4 Å². The molecular weight excluding hydrogens is 392 g/mol. The molecule has 0 amide bonds. The van der Waals surface area contributed by atoms with Crippen molar-refractivity contribution < 1.29 is 4.92 Å². The van der Waals surface area contributed by atoms with Gasteiger partial charge < -0.3 is 10.2 Å². The number of hydrogen-bond donors (Lipinski definition) is 1. The third kappa shape index (κ3) is 4.80. The molecule has 1 aliphatic rings. The zero-order valence-electron chi connectivity index (χ0n) is 17.8. The third-order valence-electron chi connectivity index (χ3n) is 5.55. The fourth-order valence-electron chi connectivity index (χ4n) is 3.82. The molecule has 2 aromatic carbocycles. The van der Waals surface area contributed by atoms with Gasteiger partial charge in [0.1, 0.15) is 6.33 Å². The van der Waals surface area contributed by atoms with E-state index in [9.17, 15) is 10.1 Å². The van der Waals surface area contributed by atoms with Crippen molar-refractivity contribution in [2.75, 3.05) is 36.4 Å². The van der Waals surface area contributed by atoms with E-state index in [1.54, 1.807) is 0 Å². The van der Waals surface area contributed by atoms with Crippen LogP contribution >= 0.6 is 0 Å². The SMILES string of the molecule is Cc1ccc(C)c(Nc2ncnc(N3CCN(Cc4ccccc4)CC3)c2[N+](=O)[O-])c1. The van der Waals surface area contributed by atoms with E-state index in [2.05, 4.69) is 32.3 Å². The van der Waals surface area contributed by atoms with Gasteiger partial charge in [-0.3, -0.25) is 15.0 Å². The first-order valence-electron chi connectivity index (χ1n) is 10.4. The van der Waals surface area contributed by atoms with Gasteiger partial charge in [-0.1, -0.05) is 42.5 Å². The second-order valence-electron chi connectivity index (χ2n) is 7.84. The number of nitro groups is 1. The van der Waals surface area contributed by atoms with Crippen molar-refractivity contribution in [2.24, 2.45) is 0 Å². The summed E-state index contributed by atoms with van der Waals surface area (Å²) in [5.74, 6) is 0.586. The quantitative estimate of drug-likeness (QED) is 0.477. The van der Waals surface area contributed by atoms with Crippen LogP contribution in [0.15, 0.2) is 54.9 Å². The normalized spacial score (nSPS) is 14.5. The monoisotopic (exact) mass is 418 g/mol. The van der Waals surface area contributed by atoms with Gasteiger partial charge in [-0.05, 0) is 36.6 Å². The van der Waals surface area contributed by atoms with Crippen LogP contribution in [0.5, 0.6) is 0 Å². The van der Waals surface area contributed by atoms with Crippen LogP contribution in [0.1, 0.15) is 16.7 Å². The molecule has 0 spiro atoms. The minimum Gasteiger partial charge on any atom is -0.348 e. The van der Waals surface area contributed by atoms with Crippen LogP contribution in [0.2, 0.25) is 0 Å². The summed E-state index contributed by atoms with van der Waals surface area (Å²) in [5, 5.41) is 15.1. The summed E-state index contributed by atoms with van der Waals surface area (Å²) in [5.41, 5.74) is 4.05. The van der Waals surface area contributed by atoms with Crippen LogP contribution < -0.4 is 10.2 Å². The van der Waals surface area contributed by atoms with Crippen LogP contribution in [0.25, 0.3) is 0 Å². The number of piperazine rings is 1. The summed E-state index contributed by atoms with van der Waals surface area (Å²) in [6.45, 7) is 7.80. The highest BCUT2D eigenvalue weighted by Crippen LogP contribution is 2.34. The van der Waals surface area contributed by atoms with E-state index in [4.69, 9.17) is 0 Å². The summed E-state index contributed by atoms with van der Waals surface area (Å²) in [6.07, 6.45) is 1.39. The largest absolute Gasteiger partial charge is 0.353 e. The summed E-state index contributed by atoms with van der Waals surface area (Å²) >= 11 is 0. The molecule has 8 heteroatoms. The summed E-state index contributed by atoms with van der Waals surface area (Å²) < 4.78 is 0. The minimum absolute atomic E-state index is 0.0834. The van der Waals surface area contributed by atoms with E-state index in [0.29, 0.717) is 18.9 Å². The second-order valence-corrected chi connectivity index (χ2v) is 7.84. The van der Waals surface area contributed by atoms with Gasteiger partial charge in [0.05, 0.1) is 4.92 Å². The van der Waals surface area contributed by atoms with Crippen LogP contribution in [0.4, 0.5) is 23.0 Å². The lowest BCUT2D eigenvalue weighted by molar-refractivity contribution is -0.383. The van der Waals surface area contributed by atoms with Gasteiger partial charge in [0.2, 0.25) is 11.6 Å². The molecule has 0 radical (unpaired) electrons. The van der Waals surface area contributed by atoms with Crippen molar-refractivity contribution in [3.63, 3.8) is 0 Å².